The maximum Gasteiger partial charge on any atom is 0.309 e. The van der Waals surface area contributed by atoms with Gasteiger partial charge in [0.15, 0.2) is 0 Å². The third-order valence-electron chi connectivity index (χ3n) is 4.33. The number of aromatic nitrogens is 1. The molecule has 3 nitrogen and oxygen atoms in total. The fraction of sp³-hybridized carbons (Fsp3) is 0.412. The van der Waals surface area contributed by atoms with E-state index in [9.17, 15) is 4.79 Å². The number of thiazole rings is 1. The number of nitrogens with zero attached hydrogens (tertiary/aromatic N) is 1. The van der Waals surface area contributed by atoms with Crippen LogP contribution in [-0.4, -0.2) is 16.1 Å². The highest BCUT2D eigenvalue weighted by molar-refractivity contribution is 7.09. The van der Waals surface area contributed by atoms with Gasteiger partial charge in [0.05, 0.1) is 12.1 Å². The molecule has 3 rings (SSSR count). The maximum absolute atomic E-state index is 10.9. The highest BCUT2D eigenvalue weighted by atomic mass is 32.1. The van der Waals surface area contributed by atoms with Gasteiger partial charge in [-0.3, -0.25) is 4.79 Å². The lowest BCUT2D eigenvalue weighted by Crippen LogP contribution is -2.30. The van der Waals surface area contributed by atoms with E-state index in [2.05, 4.69) is 29.2 Å². The summed E-state index contributed by atoms with van der Waals surface area (Å²) in [5, 5.41) is 11.9. The first-order chi connectivity index (χ1) is 10.2. The molecule has 21 heavy (non-hydrogen) atoms. The summed E-state index contributed by atoms with van der Waals surface area (Å²) in [5.41, 5.74) is 1.99. The van der Waals surface area contributed by atoms with Gasteiger partial charge >= 0.3 is 5.97 Å². The van der Waals surface area contributed by atoms with Gasteiger partial charge in [0.25, 0.3) is 0 Å². The molecule has 4 heteroatoms. The summed E-state index contributed by atoms with van der Waals surface area (Å²) in [6, 6.07) is 10.6. The van der Waals surface area contributed by atoms with Crippen LogP contribution in [0.5, 0.6) is 0 Å². The van der Waals surface area contributed by atoms with Crippen molar-refractivity contribution in [1.29, 1.82) is 0 Å². The molecule has 0 radical (unpaired) electrons. The highest BCUT2D eigenvalue weighted by Crippen LogP contribution is 2.45. The van der Waals surface area contributed by atoms with E-state index in [1.54, 1.807) is 11.3 Å². The molecule has 0 spiro atoms. The topological polar surface area (TPSA) is 50.2 Å². The van der Waals surface area contributed by atoms with E-state index < -0.39 is 5.97 Å². The molecule has 1 aliphatic rings. The van der Waals surface area contributed by atoms with Crippen molar-refractivity contribution in [1.82, 2.24) is 4.98 Å². The molecule has 0 unspecified atom stereocenters. The first-order valence-electron chi connectivity index (χ1n) is 7.43. The Labute approximate surface area is 128 Å². The summed E-state index contributed by atoms with van der Waals surface area (Å²) in [7, 11) is 0. The minimum absolute atomic E-state index is 0.0130. The molecule has 110 valence electrons. The minimum Gasteiger partial charge on any atom is -0.481 e. The molecule has 1 aromatic carbocycles. The highest BCUT2D eigenvalue weighted by Gasteiger charge is 2.38. The van der Waals surface area contributed by atoms with Gasteiger partial charge < -0.3 is 5.11 Å². The number of hydrogen-bond donors (Lipinski definition) is 1. The normalized spacial score (nSPS) is 17.5. The number of benzene rings is 1. The van der Waals surface area contributed by atoms with Crippen molar-refractivity contribution in [3.63, 3.8) is 0 Å². The Morgan fingerprint density at radius 2 is 1.90 bits per heavy atom. The van der Waals surface area contributed by atoms with E-state index >= 15 is 0 Å². The third kappa shape index (κ3) is 2.86. The lowest BCUT2D eigenvalue weighted by atomic mass is 9.70. The Hall–Kier alpha value is -1.68. The summed E-state index contributed by atoms with van der Waals surface area (Å²) >= 11 is 1.62. The molecule has 0 bridgehead atoms. The van der Waals surface area contributed by atoms with E-state index in [4.69, 9.17) is 5.11 Å². The molecule has 1 saturated carbocycles. The fourth-order valence-corrected chi connectivity index (χ4v) is 4.40. The van der Waals surface area contributed by atoms with Gasteiger partial charge in [0.1, 0.15) is 5.01 Å². The van der Waals surface area contributed by atoms with Gasteiger partial charge in [-0.1, -0.05) is 49.6 Å². The van der Waals surface area contributed by atoms with Crippen molar-refractivity contribution >= 4 is 17.3 Å². The standard InChI is InChI=1S/C17H19NO2S/c19-15(20)11-14-12-21-16(18-14)17(9-5-2-6-10-17)13-7-3-1-4-8-13/h1,3-4,7-8,12H,2,5-6,9-11H2,(H,19,20). The number of carboxylic acids is 1. The van der Waals surface area contributed by atoms with E-state index in [-0.39, 0.29) is 11.8 Å². The number of rotatable bonds is 4. The number of hydrogen-bond acceptors (Lipinski definition) is 3. The first-order valence-corrected chi connectivity index (χ1v) is 8.31. The van der Waals surface area contributed by atoms with Crippen molar-refractivity contribution < 1.29 is 9.90 Å². The molecular weight excluding hydrogens is 282 g/mol. The van der Waals surface area contributed by atoms with Crippen LogP contribution in [0.3, 0.4) is 0 Å². The lowest BCUT2D eigenvalue weighted by Gasteiger charge is -2.36. The largest absolute Gasteiger partial charge is 0.481 e. The van der Waals surface area contributed by atoms with Crippen LogP contribution in [0.2, 0.25) is 0 Å². The predicted molar refractivity (Wildman–Crippen MR) is 83.8 cm³/mol. The Bertz CT molecular complexity index is 615. The van der Waals surface area contributed by atoms with Crippen LogP contribution >= 0.6 is 11.3 Å². The van der Waals surface area contributed by atoms with Crippen LogP contribution < -0.4 is 0 Å². The molecule has 0 amide bonds. The zero-order chi connectivity index (χ0) is 14.7. The second-order valence-corrected chi connectivity index (χ2v) is 6.58. The zero-order valence-corrected chi connectivity index (χ0v) is 12.7. The Morgan fingerprint density at radius 3 is 2.57 bits per heavy atom. The quantitative estimate of drug-likeness (QED) is 0.928. The van der Waals surface area contributed by atoms with Gasteiger partial charge in [0, 0.05) is 10.8 Å². The average Bonchev–Trinajstić information content (AvgIpc) is 2.97. The van der Waals surface area contributed by atoms with Crippen molar-refractivity contribution in [2.24, 2.45) is 0 Å². The van der Waals surface area contributed by atoms with E-state index in [0.717, 1.165) is 17.8 Å². The molecule has 1 heterocycles. The van der Waals surface area contributed by atoms with Crippen LogP contribution in [0.25, 0.3) is 0 Å². The summed E-state index contributed by atoms with van der Waals surface area (Å²) in [6.07, 6.45) is 5.93. The monoisotopic (exact) mass is 301 g/mol. The molecule has 0 aliphatic heterocycles. The van der Waals surface area contributed by atoms with Gasteiger partial charge in [-0.15, -0.1) is 11.3 Å². The van der Waals surface area contributed by atoms with Gasteiger partial charge in [-0.25, -0.2) is 4.98 Å². The summed E-state index contributed by atoms with van der Waals surface area (Å²) < 4.78 is 0. The maximum atomic E-state index is 10.9. The van der Waals surface area contributed by atoms with Gasteiger partial charge in [-0.2, -0.15) is 0 Å². The number of aliphatic carboxylic acids is 1. The number of carbonyl (C=O) groups is 1. The SMILES string of the molecule is O=C(O)Cc1csc(C2(c3ccccc3)CCCCC2)n1. The smallest absolute Gasteiger partial charge is 0.309 e. The summed E-state index contributed by atoms with van der Waals surface area (Å²) in [6.45, 7) is 0. The Morgan fingerprint density at radius 1 is 1.19 bits per heavy atom. The van der Waals surface area contributed by atoms with Crippen LogP contribution in [0.1, 0.15) is 48.4 Å². The Kier molecular flexibility index (Phi) is 4.06. The average molecular weight is 301 g/mol. The van der Waals surface area contributed by atoms with E-state index in [1.165, 1.54) is 24.8 Å². The molecule has 1 aliphatic carbocycles. The molecule has 2 aromatic rings. The van der Waals surface area contributed by atoms with Gasteiger partial charge in [0.2, 0.25) is 0 Å². The second kappa shape index (κ2) is 5.98. The first kappa shape index (κ1) is 14.3. The van der Waals surface area contributed by atoms with Crippen LogP contribution in [0.15, 0.2) is 35.7 Å². The van der Waals surface area contributed by atoms with Crippen molar-refractivity contribution in [3.8, 4) is 0 Å². The van der Waals surface area contributed by atoms with Crippen molar-refractivity contribution in [3.05, 3.63) is 52.0 Å². The molecule has 0 saturated heterocycles. The molecule has 0 atom stereocenters. The van der Waals surface area contributed by atoms with Crippen LogP contribution in [-0.2, 0) is 16.6 Å². The Balaban J connectivity index is 1.99. The van der Waals surface area contributed by atoms with Crippen LogP contribution in [0.4, 0.5) is 0 Å². The van der Waals surface area contributed by atoms with Crippen molar-refractivity contribution in [2.45, 2.75) is 43.9 Å². The van der Waals surface area contributed by atoms with Gasteiger partial charge in [-0.05, 0) is 18.4 Å². The number of carboxylic acid groups (broad SMARTS) is 1. The fourth-order valence-electron chi connectivity index (χ4n) is 3.30. The predicted octanol–water partition coefficient (Wildman–Crippen LogP) is 4.02. The molecular formula is C17H19NO2S. The van der Waals surface area contributed by atoms with E-state index in [1.807, 2.05) is 11.4 Å². The zero-order valence-electron chi connectivity index (χ0n) is 11.9. The molecule has 1 N–H and O–H groups in total. The van der Waals surface area contributed by atoms with E-state index in [0.29, 0.717) is 5.69 Å². The molecule has 1 fully saturated rings. The summed E-state index contributed by atoms with van der Waals surface area (Å²) in [5.74, 6) is -0.816. The second-order valence-electron chi connectivity index (χ2n) is 5.72. The minimum atomic E-state index is -0.816. The summed E-state index contributed by atoms with van der Waals surface area (Å²) in [4.78, 5) is 15.5. The van der Waals surface area contributed by atoms with Crippen molar-refractivity contribution in [2.75, 3.05) is 0 Å². The third-order valence-corrected chi connectivity index (χ3v) is 5.42. The lowest BCUT2D eigenvalue weighted by molar-refractivity contribution is -0.136. The molecule has 1 aromatic heterocycles. The van der Waals surface area contributed by atoms with Crippen LogP contribution in [0, 0.1) is 0 Å².